The molecule has 1 heterocycles. The number of nitrogens with one attached hydrogen (secondary N) is 1. The number of para-hydroxylation sites is 1. The summed E-state index contributed by atoms with van der Waals surface area (Å²) in [4.78, 5) is 16.6. The lowest BCUT2D eigenvalue weighted by Crippen LogP contribution is -2.20. The Kier molecular flexibility index (Phi) is 6.61. The Morgan fingerprint density at radius 3 is 2.57 bits per heavy atom. The summed E-state index contributed by atoms with van der Waals surface area (Å²) in [6.45, 7) is -0.246. The van der Waals surface area contributed by atoms with Crippen molar-refractivity contribution >= 4 is 45.6 Å². The van der Waals surface area contributed by atoms with Gasteiger partial charge in [0.15, 0.2) is 17.5 Å². The van der Waals surface area contributed by atoms with Gasteiger partial charge in [-0.05, 0) is 24.3 Å². The summed E-state index contributed by atoms with van der Waals surface area (Å²) in [5.41, 5.74) is 1.47. The van der Waals surface area contributed by atoms with Crippen LogP contribution in [0.4, 0.5) is 5.13 Å². The zero-order valence-electron chi connectivity index (χ0n) is 15.0. The molecule has 3 rings (SSSR count). The molecule has 0 aliphatic heterocycles. The molecule has 0 aliphatic carbocycles. The fraction of sp³-hybridized carbons (Fsp3) is 0.158. The molecule has 0 saturated carbocycles. The van der Waals surface area contributed by atoms with Gasteiger partial charge in [0.25, 0.3) is 5.91 Å². The lowest BCUT2D eigenvalue weighted by molar-refractivity contribution is -0.118. The van der Waals surface area contributed by atoms with Gasteiger partial charge in [0.05, 0.1) is 30.0 Å². The molecule has 3 aromatic rings. The van der Waals surface area contributed by atoms with Crippen molar-refractivity contribution in [2.24, 2.45) is 0 Å². The Labute approximate surface area is 176 Å². The molecule has 1 N–H and O–H groups in total. The highest BCUT2D eigenvalue weighted by molar-refractivity contribution is 7.14. The fourth-order valence-corrected chi connectivity index (χ4v) is 3.61. The van der Waals surface area contributed by atoms with Crippen molar-refractivity contribution in [1.82, 2.24) is 4.98 Å². The molecule has 1 amide bonds. The Morgan fingerprint density at radius 2 is 1.89 bits per heavy atom. The lowest BCUT2D eigenvalue weighted by Gasteiger charge is -2.09. The lowest BCUT2D eigenvalue weighted by atomic mass is 10.1. The topological polar surface area (TPSA) is 69.7 Å². The van der Waals surface area contributed by atoms with Crippen molar-refractivity contribution in [2.45, 2.75) is 0 Å². The SMILES string of the molecule is COc1ccc(-c2csc(NC(=O)COc3c(Cl)cccc3Cl)n2)c(OC)c1. The Balaban J connectivity index is 1.67. The summed E-state index contributed by atoms with van der Waals surface area (Å²) in [6.07, 6.45) is 0. The first-order chi connectivity index (χ1) is 13.5. The van der Waals surface area contributed by atoms with E-state index in [1.807, 2.05) is 17.5 Å². The smallest absolute Gasteiger partial charge is 0.264 e. The van der Waals surface area contributed by atoms with Gasteiger partial charge < -0.3 is 14.2 Å². The number of benzene rings is 2. The largest absolute Gasteiger partial charge is 0.497 e. The minimum Gasteiger partial charge on any atom is -0.497 e. The van der Waals surface area contributed by atoms with Crippen LogP contribution in [0, 0.1) is 0 Å². The van der Waals surface area contributed by atoms with Crippen LogP contribution in [0.25, 0.3) is 11.3 Å². The first kappa shape index (κ1) is 20.3. The first-order valence-electron chi connectivity index (χ1n) is 8.06. The zero-order valence-corrected chi connectivity index (χ0v) is 17.3. The molecule has 0 fully saturated rings. The molecule has 0 unspecified atom stereocenters. The van der Waals surface area contributed by atoms with Gasteiger partial charge in [0, 0.05) is 17.0 Å². The van der Waals surface area contributed by atoms with E-state index in [9.17, 15) is 4.79 Å². The summed E-state index contributed by atoms with van der Waals surface area (Å²) in [5, 5.41) is 5.63. The molecule has 0 atom stereocenters. The van der Waals surface area contributed by atoms with E-state index in [0.717, 1.165) is 5.56 Å². The number of ether oxygens (including phenoxy) is 3. The molecule has 1 aromatic heterocycles. The maximum Gasteiger partial charge on any atom is 0.264 e. The van der Waals surface area contributed by atoms with E-state index in [1.54, 1.807) is 38.5 Å². The number of methoxy groups -OCH3 is 2. The summed E-state index contributed by atoms with van der Waals surface area (Å²) >= 11 is 13.3. The zero-order chi connectivity index (χ0) is 20.1. The van der Waals surface area contributed by atoms with Gasteiger partial charge in [-0.15, -0.1) is 11.3 Å². The van der Waals surface area contributed by atoms with E-state index in [4.69, 9.17) is 37.4 Å². The summed E-state index contributed by atoms with van der Waals surface area (Å²) < 4.78 is 16.0. The van der Waals surface area contributed by atoms with E-state index in [0.29, 0.717) is 32.4 Å². The van der Waals surface area contributed by atoms with Crippen LogP contribution < -0.4 is 19.5 Å². The predicted octanol–water partition coefficient (Wildman–Crippen LogP) is 5.15. The second-order valence-corrected chi connectivity index (χ2v) is 7.16. The van der Waals surface area contributed by atoms with Crippen LogP contribution in [0.3, 0.4) is 0 Å². The van der Waals surface area contributed by atoms with Crippen molar-refractivity contribution in [1.29, 1.82) is 0 Å². The third-order valence-corrected chi connectivity index (χ3v) is 5.05. The second kappa shape index (κ2) is 9.14. The molecule has 9 heteroatoms. The van der Waals surface area contributed by atoms with Crippen molar-refractivity contribution < 1.29 is 19.0 Å². The first-order valence-corrected chi connectivity index (χ1v) is 9.70. The number of anilines is 1. The number of rotatable bonds is 7. The van der Waals surface area contributed by atoms with Crippen LogP contribution in [0.2, 0.25) is 10.0 Å². The van der Waals surface area contributed by atoms with Gasteiger partial charge in [-0.2, -0.15) is 0 Å². The number of carbonyl (C=O) groups excluding carboxylic acids is 1. The Hall–Kier alpha value is -2.48. The number of halogens is 2. The molecule has 0 bridgehead atoms. The number of hydrogen-bond acceptors (Lipinski definition) is 6. The van der Waals surface area contributed by atoms with Gasteiger partial charge in [0.1, 0.15) is 11.5 Å². The minimum absolute atomic E-state index is 0.246. The molecular weight excluding hydrogens is 423 g/mol. The van der Waals surface area contributed by atoms with Crippen LogP contribution in [0.15, 0.2) is 41.8 Å². The Bertz CT molecular complexity index is 974. The van der Waals surface area contributed by atoms with Gasteiger partial charge in [0.2, 0.25) is 0 Å². The fourth-order valence-electron chi connectivity index (χ4n) is 2.38. The number of nitrogens with zero attached hydrogens (tertiary/aromatic N) is 1. The van der Waals surface area contributed by atoms with E-state index in [2.05, 4.69) is 10.3 Å². The third kappa shape index (κ3) is 4.67. The molecule has 0 radical (unpaired) electrons. The van der Waals surface area contributed by atoms with Gasteiger partial charge >= 0.3 is 0 Å². The molecule has 0 spiro atoms. The second-order valence-electron chi connectivity index (χ2n) is 5.49. The molecule has 6 nitrogen and oxygen atoms in total. The van der Waals surface area contributed by atoms with E-state index >= 15 is 0 Å². The van der Waals surface area contributed by atoms with E-state index in [1.165, 1.54) is 11.3 Å². The van der Waals surface area contributed by atoms with Crippen LogP contribution >= 0.6 is 34.5 Å². The average Bonchev–Trinajstić information content (AvgIpc) is 3.15. The summed E-state index contributed by atoms with van der Waals surface area (Å²) in [5.74, 6) is 1.20. The maximum absolute atomic E-state index is 12.2. The van der Waals surface area contributed by atoms with Crippen molar-refractivity contribution in [3.63, 3.8) is 0 Å². The maximum atomic E-state index is 12.2. The van der Waals surface area contributed by atoms with Gasteiger partial charge in [-0.25, -0.2) is 4.98 Å². The molecule has 28 heavy (non-hydrogen) atoms. The Morgan fingerprint density at radius 1 is 1.14 bits per heavy atom. The van der Waals surface area contributed by atoms with Crippen molar-refractivity contribution in [3.05, 3.63) is 51.8 Å². The quantitative estimate of drug-likeness (QED) is 0.551. The highest BCUT2D eigenvalue weighted by Gasteiger charge is 2.14. The monoisotopic (exact) mass is 438 g/mol. The van der Waals surface area contributed by atoms with Gasteiger partial charge in [-0.3, -0.25) is 10.1 Å². The summed E-state index contributed by atoms with van der Waals surface area (Å²) in [7, 11) is 3.16. The van der Waals surface area contributed by atoms with E-state index in [-0.39, 0.29) is 18.3 Å². The minimum atomic E-state index is -0.376. The normalized spacial score (nSPS) is 10.4. The summed E-state index contributed by atoms with van der Waals surface area (Å²) in [6, 6.07) is 10.4. The van der Waals surface area contributed by atoms with Crippen LogP contribution in [0.5, 0.6) is 17.2 Å². The van der Waals surface area contributed by atoms with E-state index < -0.39 is 0 Å². The number of aromatic nitrogens is 1. The molecule has 2 aromatic carbocycles. The number of thiazole rings is 1. The number of hydrogen-bond donors (Lipinski definition) is 1. The van der Waals surface area contributed by atoms with Crippen molar-refractivity contribution in [2.75, 3.05) is 26.1 Å². The predicted molar refractivity (Wildman–Crippen MR) is 111 cm³/mol. The molecular formula is C19H16Cl2N2O4S. The van der Waals surface area contributed by atoms with Crippen LogP contribution in [0.1, 0.15) is 0 Å². The van der Waals surface area contributed by atoms with Crippen LogP contribution in [-0.4, -0.2) is 31.7 Å². The molecule has 146 valence electrons. The highest BCUT2D eigenvalue weighted by atomic mass is 35.5. The average molecular weight is 439 g/mol. The third-order valence-electron chi connectivity index (χ3n) is 3.70. The molecule has 0 saturated heterocycles. The highest BCUT2D eigenvalue weighted by Crippen LogP contribution is 2.35. The standard InChI is InChI=1S/C19H16Cl2N2O4S/c1-25-11-6-7-12(16(8-11)26-2)15-10-28-19(22-15)23-17(24)9-27-18-13(20)4-3-5-14(18)21/h3-8,10H,9H2,1-2H3,(H,22,23,24). The molecule has 0 aliphatic rings. The number of amides is 1. The van der Waals surface area contributed by atoms with Crippen molar-refractivity contribution in [3.8, 4) is 28.5 Å². The van der Waals surface area contributed by atoms with Crippen LogP contribution in [-0.2, 0) is 4.79 Å². The van der Waals surface area contributed by atoms with Gasteiger partial charge in [-0.1, -0.05) is 29.3 Å². The number of carbonyl (C=O) groups is 1.